The molecule has 0 amide bonds. The number of rotatable bonds is 7. The first-order chi connectivity index (χ1) is 14.9. The summed E-state index contributed by atoms with van der Waals surface area (Å²) in [7, 11) is -2.49. The van der Waals surface area contributed by atoms with Crippen molar-refractivity contribution in [2.75, 3.05) is 17.1 Å². The van der Waals surface area contributed by atoms with E-state index in [-0.39, 0.29) is 10.6 Å². The van der Waals surface area contributed by atoms with Gasteiger partial charge in [-0.2, -0.15) is 0 Å². The van der Waals surface area contributed by atoms with Crippen LogP contribution in [0.5, 0.6) is 5.75 Å². The number of methoxy groups -OCH3 is 1. The van der Waals surface area contributed by atoms with Gasteiger partial charge in [-0.05, 0) is 42.5 Å². The second kappa shape index (κ2) is 8.62. The zero-order valence-corrected chi connectivity index (χ0v) is 17.8. The summed E-state index contributed by atoms with van der Waals surface area (Å²) in [5, 5.41) is 3.45. The molecule has 31 heavy (non-hydrogen) atoms. The summed E-state index contributed by atoms with van der Waals surface area (Å²) in [6, 6.07) is 12.9. The van der Waals surface area contributed by atoms with Gasteiger partial charge < -0.3 is 10.1 Å². The van der Waals surface area contributed by atoms with Crippen LogP contribution in [0, 0.1) is 0 Å². The number of nitrogens with one attached hydrogen (secondary N) is 2. The Morgan fingerprint density at radius 3 is 2.52 bits per heavy atom. The van der Waals surface area contributed by atoms with Crippen LogP contribution in [-0.2, 0) is 10.0 Å². The minimum Gasteiger partial charge on any atom is -0.495 e. The molecule has 0 aliphatic heterocycles. The van der Waals surface area contributed by atoms with Gasteiger partial charge in [-0.1, -0.05) is 11.6 Å². The highest BCUT2D eigenvalue weighted by Crippen LogP contribution is 2.29. The molecule has 0 saturated heterocycles. The molecule has 2 heterocycles. The third-order valence-corrected chi connectivity index (χ3v) is 5.88. The molecule has 0 aliphatic rings. The predicted octanol–water partition coefficient (Wildman–Crippen LogP) is 3.87. The average Bonchev–Trinajstić information content (AvgIpc) is 3.30. The fourth-order valence-electron chi connectivity index (χ4n) is 2.79. The van der Waals surface area contributed by atoms with Crippen molar-refractivity contribution in [3.05, 3.63) is 78.6 Å². The number of ether oxygens (including phenoxy) is 1. The van der Waals surface area contributed by atoms with Crippen LogP contribution in [-0.4, -0.2) is 35.0 Å². The van der Waals surface area contributed by atoms with E-state index in [1.807, 2.05) is 0 Å². The lowest BCUT2D eigenvalue weighted by Crippen LogP contribution is -2.14. The highest BCUT2D eigenvalue weighted by molar-refractivity contribution is 7.92. The monoisotopic (exact) mass is 456 g/mol. The summed E-state index contributed by atoms with van der Waals surface area (Å²) in [5.74, 6) is 1.44. The van der Waals surface area contributed by atoms with Gasteiger partial charge in [0, 0.05) is 34.9 Å². The molecule has 158 valence electrons. The predicted molar refractivity (Wildman–Crippen MR) is 118 cm³/mol. The zero-order valence-electron chi connectivity index (χ0n) is 16.2. The molecular formula is C20H17ClN6O3S. The van der Waals surface area contributed by atoms with Crippen LogP contribution in [0.1, 0.15) is 0 Å². The Bertz CT molecular complexity index is 1300. The topological polar surface area (TPSA) is 111 Å². The van der Waals surface area contributed by atoms with Gasteiger partial charge in [0.05, 0.1) is 7.11 Å². The number of anilines is 3. The zero-order chi connectivity index (χ0) is 21.8. The number of imidazole rings is 1. The van der Waals surface area contributed by atoms with E-state index >= 15 is 0 Å². The van der Waals surface area contributed by atoms with Gasteiger partial charge in [0.25, 0.3) is 10.0 Å². The Hall–Kier alpha value is -3.63. The van der Waals surface area contributed by atoms with Gasteiger partial charge in [-0.25, -0.2) is 23.4 Å². The molecule has 2 aromatic carbocycles. The molecule has 0 fully saturated rings. The lowest BCUT2D eigenvalue weighted by Gasteiger charge is -2.13. The SMILES string of the molecule is COc1ccc(Cl)cc1S(=O)(=O)Nc1ccc(Nc2cc(-n3ccnc3)ncn2)cc1. The summed E-state index contributed by atoms with van der Waals surface area (Å²) in [6.45, 7) is 0. The van der Waals surface area contributed by atoms with Crippen molar-refractivity contribution < 1.29 is 13.2 Å². The quantitative estimate of drug-likeness (QED) is 0.434. The van der Waals surface area contributed by atoms with Crippen LogP contribution in [0.3, 0.4) is 0 Å². The second-order valence-corrected chi connectivity index (χ2v) is 8.42. The maximum atomic E-state index is 12.8. The second-order valence-electron chi connectivity index (χ2n) is 6.33. The molecule has 11 heteroatoms. The van der Waals surface area contributed by atoms with E-state index in [0.717, 1.165) is 5.69 Å². The highest BCUT2D eigenvalue weighted by Gasteiger charge is 2.20. The van der Waals surface area contributed by atoms with Crippen molar-refractivity contribution in [3.8, 4) is 11.6 Å². The number of aromatic nitrogens is 4. The van der Waals surface area contributed by atoms with E-state index in [1.54, 1.807) is 59.7 Å². The molecule has 2 N–H and O–H groups in total. The third-order valence-electron chi connectivity index (χ3n) is 4.25. The molecular weight excluding hydrogens is 440 g/mol. The summed E-state index contributed by atoms with van der Waals surface area (Å²) in [6.07, 6.45) is 6.52. The van der Waals surface area contributed by atoms with E-state index < -0.39 is 10.0 Å². The smallest absolute Gasteiger partial charge is 0.265 e. The molecule has 2 aromatic heterocycles. The number of benzene rings is 2. The summed E-state index contributed by atoms with van der Waals surface area (Å²) >= 11 is 5.95. The Labute approximate surface area is 183 Å². The Balaban J connectivity index is 1.50. The van der Waals surface area contributed by atoms with Crippen molar-refractivity contribution in [2.45, 2.75) is 4.90 Å². The highest BCUT2D eigenvalue weighted by atomic mass is 35.5. The molecule has 4 aromatic rings. The van der Waals surface area contributed by atoms with Gasteiger partial charge in [0.2, 0.25) is 0 Å². The van der Waals surface area contributed by atoms with Crippen LogP contribution < -0.4 is 14.8 Å². The first kappa shape index (κ1) is 20.6. The molecule has 0 unspecified atom stereocenters. The molecule has 4 rings (SSSR count). The molecule has 0 saturated carbocycles. The fourth-order valence-corrected chi connectivity index (χ4v) is 4.28. The number of nitrogens with zero attached hydrogens (tertiary/aromatic N) is 4. The normalized spacial score (nSPS) is 11.2. The summed E-state index contributed by atoms with van der Waals surface area (Å²) < 4.78 is 35.0. The summed E-state index contributed by atoms with van der Waals surface area (Å²) in [4.78, 5) is 12.4. The number of hydrogen-bond donors (Lipinski definition) is 2. The van der Waals surface area contributed by atoms with Gasteiger partial charge in [-0.3, -0.25) is 9.29 Å². The van der Waals surface area contributed by atoms with Gasteiger partial charge >= 0.3 is 0 Å². The van der Waals surface area contributed by atoms with Crippen LogP contribution in [0.2, 0.25) is 5.02 Å². The van der Waals surface area contributed by atoms with Crippen LogP contribution in [0.4, 0.5) is 17.2 Å². The maximum absolute atomic E-state index is 12.8. The first-order valence-corrected chi connectivity index (χ1v) is 10.8. The van der Waals surface area contributed by atoms with E-state index in [4.69, 9.17) is 16.3 Å². The Kier molecular flexibility index (Phi) is 5.74. The van der Waals surface area contributed by atoms with Crippen molar-refractivity contribution in [1.82, 2.24) is 19.5 Å². The van der Waals surface area contributed by atoms with Gasteiger partial charge in [0.15, 0.2) is 0 Å². The molecule has 0 bridgehead atoms. The molecule has 0 radical (unpaired) electrons. The van der Waals surface area contributed by atoms with E-state index in [9.17, 15) is 8.42 Å². The first-order valence-electron chi connectivity index (χ1n) is 8.98. The lowest BCUT2D eigenvalue weighted by atomic mass is 10.3. The standard InChI is InChI=1S/C20H17ClN6O3S/c1-30-17-7-2-14(21)10-18(17)31(28,29)26-16-5-3-15(4-6-16)25-19-11-20(24-12-23-19)27-9-8-22-13-27/h2-13,26H,1H3,(H,23,24,25). The lowest BCUT2D eigenvalue weighted by molar-refractivity contribution is 0.403. The third kappa shape index (κ3) is 4.76. The van der Waals surface area contributed by atoms with Crippen molar-refractivity contribution in [1.29, 1.82) is 0 Å². The minimum atomic E-state index is -3.89. The van der Waals surface area contributed by atoms with Crippen LogP contribution >= 0.6 is 11.6 Å². The van der Waals surface area contributed by atoms with Crippen molar-refractivity contribution in [3.63, 3.8) is 0 Å². The molecule has 0 aliphatic carbocycles. The van der Waals surface area contributed by atoms with E-state index in [2.05, 4.69) is 25.0 Å². The molecule has 0 atom stereocenters. The molecule has 9 nitrogen and oxygen atoms in total. The van der Waals surface area contributed by atoms with E-state index in [0.29, 0.717) is 22.3 Å². The van der Waals surface area contributed by atoms with Gasteiger partial charge in [0.1, 0.15) is 34.9 Å². The largest absolute Gasteiger partial charge is 0.495 e. The fraction of sp³-hybridized carbons (Fsp3) is 0.0500. The van der Waals surface area contributed by atoms with Gasteiger partial charge in [-0.15, -0.1) is 0 Å². The summed E-state index contributed by atoms with van der Waals surface area (Å²) in [5.41, 5.74) is 1.10. The van der Waals surface area contributed by atoms with E-state index in [1.165, 1.54) is 25.6 Å². The maximum Gasteiger partial charge on any atom is 0.265 e. The Morgan fingerprint density at radius 1 is 1.03 bits per heavy atom. The number of hydrogen-bond acceptors (Lipinski definition) is 7. The number of sulfonamides is 1. The number of halogens is 1. The minimum absolute atomic E-state index is 0.0438. The van der Waals surface area contributed by atoms with Crippen LogP contribution in [0.25, 0.3) is 5.82 Å². The van der Waals surface area contributed by atoms with Crippen molar-refractivity contribution >= 4 is 38.8 Å². The Morgan fingerprint density at radius 2 is 1.81 bits per heavy atom. The van der Waals surface area contributed by atoms with Crippen molar-refractivity contribution in [2.24, 2.45) is 0 Å². The van der Waals surface area contributed by atoms with Crippen LogP contribution in [0.15, 0.2) is 78.5 Å². The molecule has 0 spiro atoms. The average molecular weight is 457 g/mol.